The van der Waals surface area contributed by atoms with E-state index in [1.54, 1.807) is 38.5 Å². The lowest BCUT2D eigenvalue weighted by Gasteiger charge is -2.00. The summed E-state index contributed by atoms with van der Waals surface area (Å²) in [5.74, 6) is -0.727. The average Bonchev–Trinajstić information content (AvgIpc) is 2.90. The molecule has 2 aromatic rings. The second kappa shape index (κ2) is 8.08. The highest BCUT2D eigenvalue weighted by atomic mass is 32.1. The second-order valence-corrected chi connectivity index (χ2v) is 5.59. The van der Waals surface area contributed by atoms with Crippen LogP contribution in [-0.4, -0.2) is 22.1 Å². The number of hydrogen-bond donors (Lipinski definition) is 1. The van der Waals surface area contributed by atoms with Crippen LogP contribution in [0.5, 0.6) is 0 Å². The molecule has 0 spiro atoms. The number of aromatic nitrogens is 2. The molecule has 0 aliphatic rings. The van der Waals surface area contributed by atoms with Crippen molar-refractivity contribution in [3.63, 3.8) is 0 Å². The Bertz CT molecular complexity index is 938. The largest absolute Gasteiger partial charge is 0.462 e. The van der Waals surface area contributed by atoms with Crippen LogP contribution in [0.1, 0.15) is 13.8 Å². The van der Waals surface area contributed by atoms with Crippen LogP contribution in [0.15, 0.2) is 29.3 Å². The van der Waals surface area contributed by atoms with Gasteiger partial charge in [0.2, 0.25) is 0 Å². The number of anilines is 1. The van der Waals surface area contributed by atoms with Crippen molar-refractivity contribution in [2.75, 3.05) is 11.9 Å². The Morgan fingerprint density at radius 3 is 2.92 bits per heavy atom. The average molecular weight is 344 g/mol. The molecule has 0 fully saturated rings. The molecule has 0 aliphatic carbocycles. The lowest BCUT2D eigenvalue weighted by atomic mass is 10.3. The number of hydrogen-bond acceptors (Lipinski definition) is 7. The summed E-state index contributed by atoms with van der Waals surface area (Å²) < 4.78 is 6.95. The topological polar surface area (TPSA) is 97.0 Å². The number of nitrogens with one attached hydrogen (secondary N) is 1. The summed E-state index contributed by atoms with van der Waals surface area (Å²) in [7, 11) is 0. The molecule has 2 rings (SSSR count). The molecule has 0 bridgehead atoms. The third-order valence-corrected chi connectivity index (χ3v) is 4.19. The minimum absolute atomic E-state index is 0.160. The van der Waals surface area contributed by atoms with Gasteiger partial charge in [-0.15, -0.1) is 11.3 Å². The SMILES string of the molecule is CCOC(=O)C(C#N)=c1sc(=CNc2cccnc2)c(=O)n1CC. The fourth-order valence-electron chi connectivity index (χ4n) is 1.97. The molecule has 2 heterocycles. The third-order valence-electron chi connectivity index (χ3n) is 3.06. The van der Waals surface area contributed by atoms with Gasteiger partial charge in [0.15, 0.2) is 5.57 Å². The maximum Gasteiger partial charge on any atom is 0.351 e. The number of esters is 1. The van der Waals surface area contributed by atoms with Crippen molar-refractivity contribution in [3.8, 4) is 6.07 Å². The van der Waals surface area contributed by atoms with Crippen molar-refractivity contribution < 1.29 is 9.53 Å². The Kier molecular flexibility index (Phi) is 5.87. The van der Waals surface area contributed by atoms with Crippen molar-refractivity contribution in [2.45, 2.75) is 20.4 Å². The molecule has 0 aromatic carbocycles. The predicted molar refractivity (Wildman–Crippen MR) is 91.5 cm³/mol. The van der Waals surface area contributed by atoms with Gasteiger partial charge in [-0.05, 0) is 26.0 Å². The van der Waals surface area contributed by atoms with E-state index >= 15 is 0 Å². The maximum atomic E-state index is 12.5. The first-order valence-electron chi connectivity index (χ1n) is 7.30. The molecule has 0 radical (unpaired) electrons. The zero-order chi connectivity index (χ0) is 17.5. The van der Waals surface area contributed by atoms with Crippen LogP contribution in [-0.2, 0) is 16.1 Å². The lowest BCUT2D eigenvalue weighted by Crippen LogP contribution is -2.32. The van der Waals surface area contributed by atoms with Gasteiger partial charge < -0.3 is 10.1 Å². The molecule has 1 N–H and O–H groups in total. The van der Waals surface area contributed by atoms with Crippen LogP contribution in [0, 0.1) is 11.3 Å². The van der Waals surface area contributed by atoms with Crippen molar-refractivity contribution in [1.29, 1.82) is 5.26 Å². The number of thiazole rings is 1. The summed E-state index contributed by atoms with van der Waals surface area (Å²) in [4.78, 5) is 28.3. The van der Waals surface area contributed by atoms with E-state index in [2.05, 4.69) is 10.3 Å². The Morgan fingerprint density at radius 2 is 2.33 bits per heavy atom. The van der Waals surface area contributed by atoms with Crippen molar-refractivity contribution in [3.05, 3.63) is 44.1 Å². The molecule has 0 amide bonds. The van der Waals surface area contributed by atoms with E-state index in [-0.39, 0.29) is 17.7 Å². The molecule has 0 aliphatic heterocycles. The van der Waals surface area contributed by atoms with Gasteiger partial charge in [-0.2, -0.15) is 5.26 Å². The van der Waals surface area contributed by atoms with E-state index in [9.17, 15) is 14.9 Å². The summed E-state index contributed by atoms with van der Waals surface area (Å²) in [6.07, 6.45) is 4.81. The van der Waals surface area contributed by atoms with Gasteiger partial charge in [0.1, 0.15) is 15.3 Å². The molecule has 0 saturated carbocycles. The highest BCUT2D eigenvalue weighted by molar-refractivity contribution is 7.07. The summed E-state index contributed by atoms with van der Waals surface area (Å²) in [5.41, 5.74) is 0.289. The smallest absolute Gasteiger partial charge is 0.351 e. The Balaban J connectivity index is 2.58. The zero-order valence-corrected chi connectivity index (χ0v) is 14.1. The van der Waals surface area contributed by atoms with Crippen molar-refractivity contribution in [2.24, 2.45) is 0 Å². The first-order valence-corrected chi connectivity index (χ1v) is 8.11. The Hall–Kier alpha value is -2.92. The van der Waals surface area contributed by atoms with Gasteiger partial charge >= 0.3 is 5.97 Å². The molecule has 2 aromatic heterocycles. The van der Waals surface area contributed by atoms with Gasteiger partial charge in [0.25, 0.3) is 5.56 Å². The minimum Gasteiger partial charge on any atom is -0.462 e. The highest BCUT2D eigenvalue weighted by Crippen LogP contribution is 2.01. The number of carbonyl (C=O) groups excluding carboxylic acids is 1. The lowest BCUT2D eigenvalue weighted by molar-refractivity contribution is -0.136. The van der Waals surface area contributed by atoms with Crippen LogP contribution < -0.4 is 20.1 Å². The molecule has 24 heavy (non-hydrogen) atoms. The van der Waals surface area contributed by atoms with E-state index in [0.717, 1.165) is 17.0 Å². The predicted octanol–water partition coefficient (Wildman–Crippen LogP) is 0.412. The number of carbonyl (C=O) groups is 1. The van der Waals surface area contributed by atoms with Gasteiger partial charge in [-0.1, -0.05) is 0 Å². The molecule has 0 unspecified atom stereocenters. The minimum atomic E-state index is -0.727. The van der Waals surface area contributed by atoms with E-state index < -0.39 is 5.97 Å². The summed E-state index contributed by atoms with van der Waals surface area (Å²) in [6, 6.07) is 5.41. The first kappa shape index (κ1) is 17.4. The fourth-order valence-corrected chi connectivity index (χ4v) is 3.05. The molecule has 0 atom stereocenters. The summed E-state index contributed by atoms with van der Waals surface area (Å²) in [5, 5.41) is 12.3. The second-order valence-electron chi connectivity index (χ2n) is 4.56. The maximum absolute atomic E-state index is 12.5. The molecular weight excluding hydrogens is 328 g/mol. The van der Waals surface area contributed by atoms with Crippen LogP contribution in [0.3, 0.4) is 0 Å². The van der Waals surface area contributed by atoms with Crippen LogP contribution in [0.4, 0.5) is 5.69 Å². The fraction of sp³-hybridized carbons (Fsp3) is 0.250. The van der Waals surface area contributed by atoms with Gasteiger partial charge in [-0.3, -0.25) is 14.3 Å². The van der Waals surface area contributed by atoms with Crippen LogP contribution in [0.2, 0.25) is 0 Å². The normalized spacial score (nSPS) is 12.5. The monoisotopic (exact) mass is 344 g/mol. The molecular formula is C16H16N4O3S. The highest BCUT2D eigenvalue weighted by Gasteiger charge is 2.16. The van der Waals surface area contributed by atoms with Gasteiger partial charge in [-0.25, -0.2) is 4.79 Å². The molecule has 7 nitrogen and oxygen atoms in total. The standard InChI is InChI=1S/C16H16N4O3S/c1-3-20-14(21)13(10-19-11-6-5-7-18-9-11)24-15(20)12(8-17)16(22)23-4-2/h5-7,9-10,19H,3-4H2,1-2H3. The quantitative estimate of drug-likeness (QED) is 0.789. The number of pyridine rings is 1. The molecule has 0 saturated heterocycles. The number of rotatable bonds is 5. The van der Waals surface area contributed by atoms with Crippen LogP contribution >= 0.6 is 11.3 Å². The Morgan fingerprint density at radius 1 is 1.54 bits per heavy atom. The van der Waals surface area contributed by atoms with Gasteiger partial charge in [0, 0.05) is 18.9 Å². The van der Waals surface area contributed by atoms with Crippen molar-refractivity contribution >= 4 is 34.8 Å². The van der Waals surface area contributed by atoms with Crippen LogP contribution in [0.25, 0.3) is 11.8 Å². The number of nitrogens with zero attached hydrogens (tertiary/aromatic N) is 3. The van der Waals surface area contributed by atoms with E-state index in [1.807, 2.05) is 12.1 Å². The number of ether oxygens (including phenoxy) is 1. The van der Waals surface area contributed by atoms with E-state index in [4.69, 9.17) is 4.74 Å². The molecule has 124 valence electrons. The van der Waals surface area contributed by atoms with E-state index in [1.165, 1.54) is 4.57 Å². The third kappa shape index (κ3) is 3.70. The van der Waals surface area contributed by atoms with Crippen molar-refractivity contribution in [1.82, 2.24) is 9.55 Å². The molecule has 8 heteroatoms. The Labute approximate surface area is 142 Å². The zero-order valence-electron chi connectivity index (χ0n) is 13.3. The number of nitriles is 1. The van der Waals surface area contributed by atoms with E-state index in [0.29, 0.717) is 15.7 Å². The first-order chi connectivity index (χ1) is 11.6. The summed E-state index contributed by atoms with van der Waals surface area (Å²) in [6.45, 7) is 3.94. The van der Waals surface area contributed by atoms with Gasteiger partial charge in [0.05, 0.1) is 18.5 Å². The summed E-state index contributed by atoms with van der Waals surface area (Å²) >= 11 is 1.07.